The highest BCUT2D eigenvalue weighted by atomic mass is 32.2. The van der Waals surface area contributed by atoms with Gasteiger partial charge in [-0.1, -0.05) is 24.3 Å². The minimum Gasteiger partial charge on any atom is -0.493 e. The molecule has 3 rings (SSSR count). The zero-order valence-electron chi connectivity index (χ0n) is 16.8. The summed E-state index contributed by atoms with van der Waals surface area (Å²) >= 11 is 1.36. The van der Waals surface area contributed by atoms with Gasteiger partial charge in [-0.05, 0) is 61.0 Å². The molecule has 2 aromatic carbocycles. The Morgan fingerprint density at radius 3 is 2.66 bits per heavy atom. The molecule has 2 aromatic rings. The summed E-state index contributed by atoms with van der Waals surface area (Å²) in [4.78, 5) is 19.5. The summed E-state index contributed by atoms with van der Waals surface area (Å²) in [5.41, 5.74) is 2.65. The van der Waals surface area contributed by atoms with Gasteiger partial charge < -0.3 is 9.47 Å². The quantitative estimate of drug-likeness (QED) is 0.475. The van der Waals surface area contributed by atoms with E-state index in [1.165, 1.54) is 11.8 Å². The summed E-state index contributed by atoms with van der Waals surface area (Å²) in [6, 6.07) is 13.5. The number of rotatable bonds is 7. The van der Waals surface area contributed by atoms with E-state index < -0.39 is 0 Å². The standard InChI is InChI=1S/C23H24N2O3S/c1-5-10-17-13-16(14-19(27-4)21(17)28-6-2)15-20-22(26)25(3)23(29-20)24-18-11-8-7-9-12-18/h5,7-9,11-15H,1,6,10H2,2-4H3/b20-15+,24-23?. The van der Waals surface area contributed by atoms with Crippen LogP contribution in [0.5, 0.6) is 11.5 Å². The Morgan fingerprint density at radius 2 is 2.00 bits per heavy atom. The lowest BCUT2D eigenvalue weighted by Gasteiger charge is -2.14. The van der Waals surface area contributed by atoms with Crippen molar-refractivity contribution in [1.29, 1.82) is 0 Å². The summed E-state index contributed by atoms with van der Waals surface area (Å²) < 4.78 is 11.3. The first kappa shape index (κ1) is 20.7. The van der Waals surface area contributed by atoms with Crippen molar-refractivity contribution < 1.29 is 14.3 Å². The zero-order chi connectivity index (χ0) is 20.8. The molecule has 1 saturated heterocycles. The van der Waals surface area contributed by atoms with Crippen molar-refractivity contribution in [2.45, 2.75) is 13.3 Å². The average Bonchev–Trinajstić information content (AvgIpc) is 2.98. The zero-order valence-corrected chi connectivity index (χ0v) is 17.7. The normalized spacial score (nSPS) is 16.5. The van der Waals surface area contributed by atoms with Crippen LogP contribution in [0.15, 0.2) is 65.0 Å². The van der Waals surface area contributed by atoms with Crippen LogP contribution in [0.1, 0.15) is 18.1 Å². The number of amides is 1. The van der Waals surface area contributed by atoms with Crippen LogP contribution in [0.4, 0.5) is 5.69 Å². The SMILES string of the molecule is C=CCc1cc(/C=C2/SC(=Nc3ccccc3)N(C)C2=O)cc(OC)c1OCC. The number of benzene rings is 2. The highest BCUT2D eigenvalue weighted by Gasteiger charge is 2.30. The third-order valence-corrected chi connectivity index (χ3v) is 5.37. The number of aliphatic imine (C=N–C) groups is 1. The highest BCUT2D eigenvalue weighted by Crippen LogP contribution is 2.37. The number of likely N-dealkylation sites (N-methyl/N-ethyl adjacent to an activating group) is 1. The molecule has 1 amide bonds. The lowest BCUT2D eigenvalue weighted by Crippen LogP contribution is -2.23. The molecule has 0 aliphatic carbocycles. The number of carbonyl (C=O) groups excluding carboxylic acids is 1. The molecule has 0 aromatic heterocycles. The van der Waals surface area contributed by atoms with Gasteiger partial charge in [0.25, 0.3) is 5.91 Å². The second-order valence-corrected chi connectivity index (χ2v) is 7.35. The van der Waals surface area contributed by atoms with E-state index in [4.69, 9.17) is 9.47 Å². The van der Waals surface area contributed by atoms with Gasteiger partial charge in [0.05, 0.1) is 24.3 Å². The Balaban J connectivity index is 1.97. The smallest absolute Gasteiger partial charge is 0.266 e. The average molecular weight is 409 g/mol. The van der Waals surface area contributed by atoms with E-state index in [9.17, 15) is 4.79 Å². The molecule has 0 saturated carbocycles. The van der Waals surface area contributed by atoms with Crippen LogP contribution < -0.4 is 9.47 Å². The number of carbonyl (C=O) groups is 1. The van der Waals surface area contributed by atoms with Gasteiger partial charge in [-0.15, -0.1) is 6.58 Å². The van der Waals surface area contributed by atoms with Crippen LogP contribution in [0.3, 0.4) is 0 Å². The van der Waals surface area contributed by atoms with Gasteiger partial charge in [0.15, 0.2) is 16.7 Å². The second-order valence-electron chi connectivity index (χ2n) is 6.34. The molecule has 0 N–H and O–H groups in total. The molecule has 1 aliphatic rings. The van der Waals surface area contributed by atoms with Crippen molar-refractivity contribution in [2.75, 3.05) is 20.8 Å². The van der Waals surface area contributed by atoms with Gasteiger partial charge >= 0.3 is 0 Å². The van der Waals surface area contributed by atoms with E-state index in [1.54, 1.807) is 19.1 Å². The molecule has 0 unspecified atom stereocenters. The maximum absolute atomic E-state index is 12.7. The number of para-hydroxylation sites is 1. The lowest BCUT2D eigenvalue weighted by atomic mass is 10.0. The predicted molar refractivity (Wildman–Crippen MR) is 120 cm³/mol. The third-order valence-electron chi connectivity index (χ3n) is 4.31. The summed E-state index contributed by atoms with van der Waals surface area (Å²) in [7, 11) is 3.35. The number of nitrogens with zero attached hydrogens (tertiary/aromatic N) is 2. The van der Waals surface area contributed by atoms with Crippen LogP contribution in [0, 0.1) is 0 Å². The number of amidine groups is 1. The van der Waals surface area contributed by atoms with E-state index in [2.05, 4.69) is 11.6 Å². The largest absolute Gasteiger partial charge is 0.493 e. The Labute approximate surface area is 175 Å². The Bertz CT molecular complexity index is 968. The summed E-state index contributed by atoms with van der Waals surface area (Å²) in [6.45, 7) is 6.30. The molecule has 0 atom stereocenters. The maximum atomic E-state index is 12.7. The van der Waals surface area contributed by atoms with Gasteiger partial charge in [0, 0.05) is 12.6 Å². The highest BCUT2D eigenvalue weighted by molar-refractivity contribution is 8.18. The first-order valence-corrected chi connectivity index (χ1v) is 10.1. The second kappa shape index (κ2) is 9.47. The molecule has 6 heteroatoms. The van der Waals surface area contributed by atoms with Gasteiger partial charge in [-0.25, -0.2) is 4.99 Å². The van der Waals surface area contributed by atoms with Crippen LogP contribution in [-0.2, 0) is 11.2 Å². The molecular weight excluding hydrogens is 384 g/mol. The Hall–Kier alpha value is -2.99. The molecule has 1 fully saturated rings. The van der Waals surface area contributed by atoms with E-state index >= 15 is 0 Å². The molecule has 0 spiro atoms. The Kier molecular flexibility index (Phi) is 6.77. The fraction of sp³-hybridized carbons (Fsp3) is 0.217. The minimum absolute atomic E-state index is 0.0807. The van der Waals surface area contributed by atoms with E-state index in [1.807, 2.05) is 61.5 Å². The molecular formula is C23H24N2O3S. The fourth-order valence-electron chi connectivity index (χ4n) is 2.95. The van der Waals surface area contributed by atoms with Gasteiger partial charge in [-0.2, -0.15) is 0 Å². The van der Waals surface area contributed by atoms with Crippen LogP contribution in [-0.4, -0.2) is 36.7 Å². The monoisotopic (exact) mass is 408 g/mol. The first-order valence-electron chi connectivity index (χ1n) is 9.33. The number of hydrogen-bond acceptors (Lipinski definition) is 5. The van der Waals surface area contributed by atoms with E-state index in [0.717, 1.165) is 16.8 Å². The Morgan fingerprint density at radius 1 is 1.24 bits per heavy atom. The number of ether oxygens (including phenoxy) is 2. The number of hydrogen-bond donors (Lipinski definition) is 0. The molecule has 1 aliphatic heterocycles. The van der Waals surface area contributed by atoms with Crippen LogP contribution in [0.2, 0.25) is 0 Å². The maximum Gasteiger partial charge on any atom is 0.266 e. The molecule has 5 nitrogen and oxygen atoms in total. The first-order chi connectivity index (χ1) is 14.1. The topological polar surface area (TPSA) is 51.1 Å². The molecule has 0 bridgehead atoms. The van der Waals surface area contributed by atoms with Crippen molar-refractivity contribution in [3.63, 3.8) is 0 Å². The van der Waals surface area contributed by atoms with Crippen LogP contribution in [0.25, 0.3) is 6.08 Å². The van der Waals surface area contributed by atoms with E-state index in [-0.39, 0.29) is 5.91 Å². The van der Waals surface area contributed by atoms with E-state index in [0.29, 0.717) is 34.6 Å². The summed E-state index contributed by atoms with van der Waals surface area (Å²) in [5.74, 6) is 1.27. The predicted octanol–water partition coefficient (Wildman–Crippen LogP) is 5.06. The van der Waals surface area contributed by atoms with Crippen LogP contribution >= 0.6 is 11.8 Å². The molecule has 150 valence electrons. The number of methoxy groups -OCH3 is 1. The third kappa shape index (κ3) is 4.71. The fourth-order valence-corrected chi connectivity index (χ4v) is 3.94. The number of allylic oxidation sites excluding steroid dienone is 1. The summed E-state index contributed by atoms with van der Waals surface area (Å²) in [5, 5.41) is 0.650. The van der Waals surface area contributed by atoms with Crippen molar-refractivity contribution in [2.24, 2.45) is 4.99 Å². The van der Waals surface area contributed by atoms with Crippen molar-refractivity contribution in [3.05, 3.63) is 71.2 Å². The van der Waals surface area contributed by atoms with Gasteiger partial charge in [0.1, 0.15) is 0 Å². The van der Waals surface area contributed by atoms with Crippen molar-refractivity contribution in [1.82, 2.24) is 4.90 Å². The molecule has 0 radical (unpaired) electrons. The lowest BCUT2D eigenvalue weighted by molar-refractivity contribution is -0.121. The number of thioether (sulfide) groups is 1. The van der Waals surface area contributed by atoms with Crippen molar-refractivity contribution >= 4 is 34.6 Å². The summed E-state index contributed by atoms with van der Waals surface area (Å²) in [6.07, 6.45) is 4.33. The minimum atomic E-state index is -0.0807. The molecule has 29 heavy (non-hydrogen) atoms. The van der Waals surface area contributed by atoms with Crippen molar-refractivity contribution in [3.8, 4) is 11.5 Å². The molecule has 1 heterocycles. The van der Waals surface area contributed by atoms with Gasteiger partial charge in [0.2, 0.25) is 0 Å². The van der Waals surface area contributed by atoms with Gasteiger partial charge in [-0.3, -0.25) is 9.69 Å².